The van der Waals surface area contributed by atoms with Gasteiger partial charge in [-0.05, 0) is 60.2 Å². The van der Waals surface area contributed by atoms with E-state index in [0.717, 1.165) is 32.5 Å². The fourth-order valence-corrected chi connectivity index (χ4v) is 3.99. The number of rotatable bonds is 10. The SMILES string of the molecule is CCN(CC)CCCC(C)NS(=O)(=O)c1cn(C(C)C)nc1C. The van der Waals surface area contributed by atoms with Gasteiger partial charge in [-0.25, -0.2) is 13.1 Å². The third-order valence-electron chi connectivity index (χ3n) is 4.05. The molecule has 0 bridgehead atoms. The molecule has 0 amide bonds. The van der Waals surface area contributed by atoms with Crippen LogP contribution < -0.4 is 4.72 Å². The van der Waals surface area contributed by atoms with Crippen LogP contribution in [0.4, 0.5) is 0 Å². The van der Waals surface area contributed by atoms with Crippen molar-refractivity contribution in [3.8, 4) is 0 Å². The molecule has 1 N–H and O–H groups in total. The van der Waals surface area contributed by atoms with E-state index in [1.54, 1.807) is 17.8 Å². The first-order valence-corrected chi connectivity index (χ1v) is 10.00. The highest BCUT2D eigenvalue weighted by molar-refractivity contribution is 7.89. The molecular weight excluding hydrogens is 312 g/mol. The molecule has 1 atom stereocenters. The fraction of sp³-hybridized carbons (Fsp3) is 0.812. The van der Waals surface area contributed by atoms with Crippen LogP contribution in [0.3, 0.4) is 0 Å². The first-order valence-electron chi connectivity index (χ1n) is 8.51. The maximum Gasteiger partial charge on any atom is 0.244 e. The van der Waals surface area contributed by atoms with Gasteiger partial charge in [-0.2, -0.15) is 5.10 Å². The number of aromatic nitrogens is 2. The van der Waals surface area contributed by atoms with Crippen LogP contribution in [0.1, 0.15) is 59.2 Å². The Morgan fingerprint density at radius 2 is 1.87 bits per heavy atom. The van der Waals surface area contributed by atoms with Gasteiger partial charge in [0.2, 0.25) is 10.0 Å². The summed E-state index contributed by atoms with van der Waals surface area (Å²) in [4.78, 5) is 2.62. The van der Waals surface area contributed by atoms with Crippen molar-refractivity contribution in [2.24, 2.45) is 0 Å². The predicted octanol–water partition coefficient (Wildman–Crippen LogP) is 2.56. The second kappa shape index (κ2) is 8.80. The summed E-state index contributed by atoms with van der Waals surface area (Å²) in [5.74, 6) is 0. The van der Waals surface area contributed by atoms with Gasteiger partial charge in [0.1, 0.15) is 4.90 Å². The van der Waals surface area contributed by atoms with E-state index in [1.807, 2.05) is 20.8 Å². The lowest BCUT2D eigenvalue weighted by Gasteiger charge is -2.19. The Morgan fingerprint density at radius 3 is 2.35 bits per heavy atom. The van der Waals surface area contributed by atoms with Gasteiger partial charge < -0.3 is 4.90 Å². The molecule has 0 saturated carbocycles. The number of aryl methyl sites for hydroxylation is 1. The molecule has 0 radical (unpaired) electrons. The second-order valence-corrected chi connectivity index (χ2v) is 8.03. The van der Waals surface area contributed by atoms with E-state index in [2.05, 4.69) is 28.6 Å². The lowest BCUT2D eigenvalue weighted by molar-refractivity contribution is 0.293. The van der Waals surface area contributed by atoms with E-state index < -0.39 is 10.0 Å². The highest BCUT2D eigenvalue weighted by Gasteiger charge is 2.22. The van der Waals surface area contributed by atoms with E-state index in [9.17, 15) is 8.42 Å². The quantitative estimate of drug-likeness (QED) is 0.708. The molecule has 134 valence electrons. The maximum absolute atomic E-state index is 12.5. The Kier molecular flexibility index (Phi) is 7.70. The summed E-state index contributed by atoms with van der Waals surface area (Å²) in [7, 11) is -3.51. The smallest absolute Gasteiger partial charge is 0.244 e. The molecule has 23 heavy (non-hydrogen) atoms. The van der Waals surface area contributed by atoms with Gasteiger partial charge in [-0.15, -0.1) is 0 Å². The molecule has 1 aromatic rings. The van der Waals surface area contributed by atoms with Gasteiger partial charge in [0.25, 0.3) is 0 Å². The molecule has 1 heterocycles. The van der Waals surface area contributed by atoms with Crippen LogP contribution in [0.15, 0.2) is 11.1 Å². The minimum Gasteiger partial charge on any atom is -0.304 e. The molecule has 6 nitrogen and oxygen atoms in total. The largest absolute Gasteiger partial charge is 0.304 e. The first-order chi connectivity index (χ1) is 10.7. The van der Waals surface area contributed by atoms with E-state index in [4.69, 9.17) is 0 Å². The van der Waals surface area contributed by atoms with Crippen LogP contribution in [-0.2, 0) is 10.0 Å². The standard InChI is InChI=1S/C16H32N4O2S/c1-7-19(8-2)11-9-10-14(5)18-23(21,22)16-12-20(13(3)4)17-15(16)6/h12-14,18H,7-11H2,1-6H3. The van der Waals surface area contributed by atoms with Gasteiger partial charge in [-0.3, -0.25) is 4.68 Å². The number of nitrogens with one attached hydrogen (secondary N) is 1. The number of hydrogen-bond donors (Lipinski definition) is 1. The molecule has 1 unspecified atom stereocenters. The molecule has 1 aromatic heterocycles. The summed E-state index contributed by atoms with van der Waals surface area (Å²) in [6.07, 6.45) is 3.42. The molecular formula is C16H32N4O2S. The summed E-state index contributed by atoms with van der Waals surface area (Å²) in [6, 6.07) is 0.0570. The van der Waals surface area contributed by atoms with Crippen LogP contribution in [0.2, 0.25) is 0 Å². The Labute approximate surface area is 141 Å². The Morgan fingerprint density at radius 1 is 1.26 bits per heavy atom. The minimum atomic E-state index is -3.51. The van der Waals surface area contributed by atoms with E-state index >= 15 is 0 Å². The van der Waals surface area contributed by atoms with Crippen LogP contribution >= 0.6 is 0 Å². The fourth-order valence-electron chi connectivity index (χ4n) is 2.54. The molecule has 7 heteroatoms. The topological polar surface area (TPSA) is 67.2 Å². The van der Waals surface area contributed by atoms with Crippen molar-refractivity contribution in [3.05, 3.63) is 11.9 Å². The lowest BCUT2D eigenvalue weighted by Crippen LogP contribution is -2.33. The zero-order chi connectivity index (χ0) is 17.6. The number of nitrogens with zero attached hydrogens (tertiary/aromatic N) is 3. The van der Waals surface area contributed by atoms with Gasteiger partial charge in [0.15, 0.2) is 0 Å². The monoisotopic (exact) mass is 344 g/mol. The van der Waals surface area contributed by atoms with Crippen molar-refractivity contribution in [2.75, 3.05) is 19.6 Å². The Hall–Kier alpha value is -0.920. The summed E-state index contributed by atoms with van der Waals surface area (Å²) in [6.45, 7) is 15.0. The van der Waals surface area contributed by atoms with E-state index in [0.29, 0.717) is 5.69 Å². The normalized spacial score (nSPS) is 13.9. The number of sulfonamides is 1. The molecule has 0 spiro atoms. The van der Waals surface area contributed by atoms with Crippen LogP contribution in [-0.4, -0.2) is 48.8 Å². The summed E-state index contributed by atoms with van der Waals surface area (Å²) in [5.41, 5.74) is 0.543. The van der Waals surface area contributed by atoms with Crippen molar-refractivity contribution in [3.63, 3.8) is 0 Å². The second-order valence-electron chi connectivity index (χ2n) is 6.34. The highest BCUT2D eigenvalue weighted by atomic mass is 32.2. The summed E-state index contributed by atoms with van der Waals surface area (Å²) in [5, 5.41) is 4.28. The first kappa shape index (κ1) is 20.1. The molecule has 1 rings (SSSR count). The molecule has 0 aliphatic heterocycles. The van der Waals surface area contributed by atoms with Crippen molar-refractivity contribution in [1.29, 1.82) is 0 Å². The zero-order valence-corrected chi connectivity index (χ0v) is 16.2. The molecule has 0 aliphatic rings. The summed E-state index contributed by atoms with van der Waals surface area (Å²) >= 11 is 0. The third kappa shape index (κ3) is 5.90. The maximum atomic E-state index is 12.5. The lowest BCUT2D eigenvalue weighted by atomic mass is 10.2. The minimum absolute atomic E-state index is 0.0858. The van der Waals surface area contributed by atoms with Crippen LogP contribution in [0.25, 0.3) is 0 Å². The van der Waals surface area contributed by atoms with Gasteiger partial charge in [0, 0.05) is 18.3 Å². The average Bonchev–Trinajstić information content (AvgIpc) is 2.86. The van der Waals surface area contributed by atoms with Crippen LogP contribution in [0.5, 0.6) is 0 Å². The van der Waals surface area contributed by atoms with Gasteiger partial charge >= 0.3 is 0 Å². The van der Waals surface area contributed by atoms with Crippen molar-refractivity contribution in [2.45, 2.75) is 71.4 Å². The van der Waals surface area contributed by atoms with Gasteiger partial charge in [-0.1, -0.05) is 13.8 Å². The van der Waals surface area contributed by atoms with E-state index in [1.165, 1.54) is 0 Å². The van der Waals surface area contributed by atoms with Crippen molar-refractivity contribution < 1.29 is 8.42 Å². The van der Waals surface area contributed by atoms with Crippen LogP contribution in [0, 0.1) is 6.92 Å². The average molecular weight is 345 g/mol. The number of hydrogen-bond acceptors (Lipinski definition) is 4. The van der Waals surface area contributed by atoms with Crippen molar-refractivity contribution >= 4 is 10.0 Å². The van der Waals surface area contributed by atoms with Crippen molar-refractivity contribution in [1.82, 2.24) is 19.4 Å². The highest BCUT2D eigenvalue weighted by Crippen LogP contribution is 2.17. The third-order valence-corrected chi connectivity index (χ3v) is 5.74. The predicted molar refractivity (Wildman–Crippen MR) is 94.2 cm³/mol. The Bertz CT molecular complexity index is 577. The molecule has 0 fully saturated rings. The zero-order valence-electron chi connectivity index (χ0n) is 15.3. The van der Waals surface area contributed by atoms with E-state index in [-0.39, 0.29) is 17.0 Å². The molecule has 0 aliphatic carbocycles. The molecule has 0 aromatic carbocycles. The Balaban J connectivity index is 2.64. The van der Waals surface area contributed by atoms with Gasteiger partial charge in [0.05, 0.1) is 5.69 Å². The molecule has 0 saturated heterocycles. The summed E-state index contributed by atoms with van der Waals surface area (Å²) < 4.78 is 29.5.